The van der Waals surface area contributed by atoms with Crippen LogP contribution in [0.5, 0.6) is 11.5 Å². The smallest absolute Gasteiger partial charge is 0.331 e. The summed E-state index contributed by atoms with van der Waals surface area (Å²) >= 11 is 5.90. The highest BCUT2D eigenvalue weighted by Gasteiger charge is 2.70. The number of carbonyl (C=O) groups is 3. The molecule has 12 nitrogen and oxygen atoms in total. The molecule has 2 saturated heterocycles. The zero-order valence-corrected chi connectivity index (χ0v) is 24.9. The Morgan fingerprint density at radius 3 is 2.30 bits per heavy atom. The summed E-state index contributed by atoms with van der Waals surface area (Å²) in [5.41, 5.74) is 1.22. The second kappa shape index (κ2) is 12.2. The first kappa shape index (κ1) is 30.8. The van der Waals surface area contributed by atoms with E-state index in [0.29, 0.717) is 11.1 Å². The number of hydrogen-bond donors (Lipinski definition) is 3. The molecule has 0 aromatic heterocycles. The summed E-state index contributed by atoms with van der Waals surface area (Å²) < 4.78 is 31.1. The number of benzene rings is 3. The summed E-state index contributed by atoms with van der Waals surface area (Å²) in [5, 5.41) is 23.9. The number of β-lactam (4-membered cyclic amide) rings is 1. The number of aromatic hydroxyl groups is 2. The van der Waals surface area contributed by atoms with Crippen LogP contribution in [-0.4, -0.2) is 76.8 Å². The van der Waals surface area contributed by atoms with E-state index in [4.69, 9.17) is 21.2 Å². The normalized spacial score (nSPS) is 22.0. The van der Waals surface area contributed by atoms with Crippen molar-refractivity contribution in [1.29, 1.82) is 0 Å². The van der Waals surface area contributed by atoms with E-state index in [2.05, 4.69) is 10.5 Å². The molecule has 0 spiro atoms. The van der Waals surface area contributed by atoms with Gasteiger partial charge in [0.2, 0.25) is 5.91 Å². The Morgan fingerprint density at radius 2 is 1.70 bits per heavy atom. The van der Waals surface area contributed by atoms with Crippen LogP contribution in [0.3, 0.4) is 0 Å². The van der Waals surface area contributed by atoms with E-state index in [1.54, 1.807) is 48.5 Å². The highest BCUT2D eigenvalue weighted by atomic mass is 35.5. The van der Waals surface area contributed by atoms with Crippen molar-refractivity contribution in [2.45, 2.75) is 35.6 Å². The van der Waals surface area contributed by atoms with Crippen molar-refractivity contribution in [3.8, 4) is 11.5 Å². The zero-order valence-electron chi connectivity index (χ0n) is 23.3. The van der Waals surface area contributed by atoms with Crippen LogP contribution in [-0.2, 0) is 29.0 Å². The molecule has 0 bridgehead atoms. The van der Waals surface area contributed by atoms with Gasteiger partial charge in [-0.05, 0) is 30.2 Å². The molecule has 0 radical (unpaired) electrons. The van der Waals surface area contributed by atoms with E-state index in [9.17, 15) is 33.0 Å². The van der Waals surface area contributed by atoms with E-state index in [1.165, 1.54) is 13.0 Å². The summed E-state index contributed by atoms with van der Waals surface area (Å²) in [6.45, 7) is 0.991. The average Bonchev–Trinajstić information content (AvgIpc) is 3.15. The second-order valence-electron chi connectivity index (χ2n) is 10.3. The fourth-order valence-electron chi connectivity index (χ4n) is 5.18. The van der Waals surface area contributed by atoms with E-state index in [1.807, 2.05) is 12.1 Å². The summed E-state index contributed by atoms with van der Waals surface area (Å²) in [4.78, 5) is 45.0. The number of phenols is 2. The number of oxime groups is 1. The van der Waals surface area contributed by atoms with E-state index >= 15 is 0 Å². The molecule has 0 saturated carbocycles. The Balaban J connectivity index is 1.31. The number of esters is 1. The molecule has 5 rings (SSSR count). The quantitative estimate of drug-likeness (QED) is 0.0751. The third-order valence-electron chi connectivity index (χ3n) is 7.60. The molecule has 3 unspecified atom stereocenters. The molecule has 2 aliphatic heterocycles. The first-order valence-corrected chi connectivity index (χ1v) is 15.4. The van der Waals surface area contributed by atoms with Crippen LogP contribution in [0.2, 0.25) is 5.02 Å². The number of rotatable bonds is 10. The van der Waals surface area contributed by atoms with E-state index in [-0.39, 0.29) is 30.2 Å². The molecule has 44 heavy (non-hydrogen) atoms. The minimum Gasteiger partial charge on any atom is -0.504 e. The maximum atomic E-state index is 13.8. The Hall–Kier alpha value is -4.62. The number of carbonyl (C=O) groups excluding carboxylic acids is 3. The Labute approximate surface area is 257 Å². The van der Waals surface area contributed by atoms with Crippen LogP contribution in [0.25, 0.3) is 0 Å². The first-order chi connectivity index (χ1) is 21.0. The summed E-state index contributed by atoms with van der Waals surface area (Å²) in [7, 11) is -4.13. The molecule has 3 atom stereocenters. The van der Waals surface area contributed by atoms with Gasteiger partial charge in [0.15, 0.2) is 33.5 Å². The van der Waals surface area contributed by atoms with Gasteiger partial charge in [-0.2, -0.15) is 0 Å². The molecule has 2 amide bonds. The fourth-order valence-corrected chi connectivity index (χ4v) is 7.62. The molecule has 3 N–H and O–H groups in total. The monoisotopic (exact) mass is 641 g/mol. The fraction of sp³-hybridized carbons (Fsp3) is 0.267. The number of phenolic OH excluding ortho intramolecular Hbond substituents is 2. The van der Waals surface area contributed by atoms with Gasteiger partial charge in [0.1, 0.15) is 16.7 Å². The lowest BCUT2D eigenvalue weighted by atomic mass is 9.96. The van der Waals surface area contributed by atoms with Crippen molar-refractivity contribution in [3.63, 3.8) is 0 Å². The van der Waals surface area contributed by atoms with Crippen LogP contribution >= 0.6 is 11.6 Å². The third kappa shape index (κ3) is 5.44. The number of sulfone groups is 1. The standard InChI is InChI=1S/C30H28ClN3O9S/c1-30(17-33-42-15-14-32-28(38)20-12-13-21(35)25(37)24(20)31)27(34-22(36)16-23(34)44(30,40)41)29(39)43-26(18-8-4-2-5-9-18)19-10-6-3-7-11-19/h2-13,17,23,26-27,35,37H,14-16H2,1H3,(H,32,38)/b33-17+. The van der Waals surface area contributed by atoms with Crippen molar-refractivity contribution < 1.29 is 42.6 Å². The van der Waals surface area contributed by atoms with Gasteiger partial charge in [-0.15, -0.1) is 0 Å². The maximum Gasteiger partial charge on any atom is 0.331 e. The van der Waals surface area contributed by atoms with Crippen molar-refractivity contribution in [2.75, 3.05) is 13.2 Å². The lowest BCUT2D eigenvalue weighted by Gasteiger charge is -2.36. The Morgan fingerprint density at radius 1 is 1.09 bits per heavy atom. The molecule has 0 aliphatic carbocycles. The van der Waals surface area contributed by atoms with Crippen molar-refractivity contribution in [2.24, 2.45) is 5.16 Å². The van der Waals surface area contributed by atoms with Crippen LogP contribution in [0.1, 0.15) is 40.9 Å². The SMILES string of the molecule is CC1(/C=N/OCCNC(=O)c2ccc(O)c(O)c2Cl)C(C(=O)OC(c2ccccc2)c2ccccc2)N2C(=O)CC2S1(=O)=O. The third-order valence-corrected chi connectivity index (χ3v) is 10.7. The number of nitrogens with one attached hydrogen (secondary N) is 1. The molecule has 2 fully saturated rings. The number of hydrogen-bond acceptors (Lipinski definition) is 10. The summed E-state index contributed by atoms with van der Waals surface area (Å²) in [6, 6.07) is 18.7. The number of fused-ring (bicyclic) bond motifs is 1. The van der Waals surface area contributed by atoms with Crippen molar-refractivity contribution in [1.82, 2.24) is 10.2 Å². The lowest BCUT2D eigenvalue weighted by Crippen LogP contribution is -2.58. The predicted molar refractivity (Wildman–Crippen MR) is 159 cm³/mol. The molecular formula is C30H28ClN3O9S. The van der Waals surface area contributed by atoms with Crippen molar-refractivity contribution >= 4 is 45.4 Å². The van der Waals surface area contributed by atoms with Gasteiger partial charge in [-0.3, -0.25) is 9.59 Å². The topological polar surface area (TPSA) is 172 Å². The highest BCUT2D eigenvalue weighted by molar-refractivity contribution is 7.94. The molecule has 230 valence electrons. The van der Waals surface area contributed by atoms with Gasteiger partial charge in [-0.25, -0.2) is 13.2 Å². The minimum absolute atomic E-state index is 0.0881. The maximum absolute atomic E-state index is 13.8. The lowest BCUT2D eigenvalue weighted by molar-refractivity contribution is -0.163. The van der Waals surface area contributed by atoms with Gasteiger partial charge in [-0.1, -0.05) is 77.4 Å². The van der Waals surface area contributed by atoms with Crippen LogP contribution in [0.15, 0.2) is 78.0 Å². The number of nitrogens with zero attached hydrogens (tertiary/aromatic N) is 2. The van der Waals surface area contributed by atoms with E-state index in [0.717, 1.165) is 17.2 Å². The first-order valence-electron chi connectivity index (χ1n) is 13.5. The molecule has 2 aliphatic rings. The Bertz CT molecular complexity index is 1680. The van der Waals surface area contributed by atoms with Crippen LogP contribution < -0.4 is 5.32 Å². The zero-order chi connectivity index (χ0) is 31.6. The highest BCUT2D eigenvalue weighted by Crippen LogP contribution is 2.46. The minimum atomic E-state index is -4.13. The van der Waals surface area contributed by atoms with Crippen molar-refractivity contribution in [3.05, 3.63) is 94.5 Å². The number of amides is 2. The molecule has 14 heteroatoms. The van der Waals surface area contributed by atoms with Crippen LogP contribution in [0.4, 0.5) is 0 Å². The molecule has 2 heterocycles. The largest absolute Gasteiger partial charge is 0.504 e. The Kier molecular flexibility index (Phi) is 8.53. The van der Waals surface area contributed by atoms with Gasteiger partial charge >= 0.3 is 5.97 Å². The van der Waals surface area contributed by atoms with E-state index < -0.39 is 61.4 Å². The number of halogens is 1. The molecular weight excluding hydrogens is 614 g/mol. The second-order valence-corrected chi connectivity index (χ2v) is 13.2. The molecule has 3 aromatic rings. The number of ether oxygens (including phenoxy) is 1. The van der Waals surface area contributed by atoms with Gasteiger partial charge < -0.3 is 30.0 Å². The van der Waals surface area contributed by atoms with Gasteiger partial charge in [0.05, 0.1) is 29.8 Å². The predicted octanol–water partition coefficient (Wildman–Crippen LogP) is 2.93. The van der Waals surface area contributed by atoms with Crippen LogP contribution in [0, 0.1) is 0 Å². The average molecular weight is 642 g/mol. The molecule has 3 aromatic carbocycles. The summed E-state index contributed by atoms with van der Waals surface area (Å²) in [6.07, 6.45) is -0.164. The summed E-state index contributed by atoms with van der Waals surface area (Å²) in [5.74, 6) is -3.21. The van der Waals surface area contributed by atoms with Gasteiger partial charge in [0.25, 0.3) is 5.91 Å². The van der Waals surface area contributed by atoms with Gasteiger partial charge in [0, 0.05) is 0 Å².